The third-order valence-corrected chi connectivity index (χ3v) is 4.49. The number of aromatic amines is 1. The van der Waals surface area contributed by atoms with Crippen LogP contribution in [0.2, 0.25) is 0 Å². The summed E-state index contributed by atoms with van der Waals surface area (Å²) in [6, 6.07) is 5.92. The first kappa shape index (κ1) is 16.9. The zero-order valence-corrected chi connectivity index (χ0v) is 13.8. The molecule has 0 unspecified atom stereocenters. The Morgan fingerprint density at radius 3 is 2.35 bits per heavy atom. The second-order valence-electron chi connectivity index (χ2n) is 5.25. The standard InChI is InChI=1S/C15H17N3O4S/c1-9-13(10(2)17-15(20)16-9)8-14(19)18-11-4-6-12(7-5-11)23(3,21)22/h4-7H,8H2,1-3H3,(H,18,19)(H,16,17,20). The number of hydrogen-bond acceptors (Lipinski definition) is 5. The number of aromatic nitrogens is 2. The van der Waals surface area contributed by atoms with Gasteiger partial charge in [-0.25, -0.2) is 13.2 Å². The molecule has 1 heterocycles. The molecule has 2 N–H and O–H groups in total. The quantitative estimate of drug-likeness (QED) is 0.865. The summed E-state index contributed by atoms with van der Waals surface area (Å²) < 4.78 is 22.8. The molecule has 1 amide bonds. The van der Waals surface area contributed by atoms with Gasteiger partial charge in [0.1, 0.15) is 0 Å². The highest BCUT2D eigenvalue weighted by Crippen LogP contribution is 2.15. The number of carbonyl (C=O) groups is 1. The monoisotopic (exact) mass is 335 g/mol. The highest BCUT2D eigenvalue weighted by molar-refractivity contribution is 7.90. The second kappa shape index (κ2) is 6.33. The van der Waals surface area contributed by atoms with E-state index in [2.05, 4.69) is 15.3 Å². The molecule has 8 heteroatoms. The van der Waals surface area contributed by atoms with Crippen LogP contribution in [-0.2, 0) is 21.1 Å². The summed E-state index contributed by atoms with van der Waals surface area (Å²) >= 11 is 0. The van der Waals surface area contributed by atoms with Crippen LogP contribution in [0.5, 0.6) is 0 Å². The van der Waals surface area contributed by atoms with Gasteiger partial charge in [-0.2, -0.15) is 4.98 Å². The normalized spacial score (nSPS) is 11.3. The van der Waals surface area contributed by atoms with E-state index in [0.717, 1.165) is 6.26 Å². The van der Waals surface area contributed by atoms with E-state index in [1.165, 1.54) is 24.3 Å². The number of rotatable bonds is 4. The molecule has 122 valence electrons. The number of sulfone groups is 1. The molecule has 23 heavy (non-hydrogen) atoms. The van der Waals surface area contributed by atoms with Crippen LogP contribution in [-0.4, -0.2) is 30.5 Å². The minimum Gasteiger partial charge on any atom is -0.326 e. The van der Waals surface area contributed by atoms with E-state index < -0.39 is 15.5 Å². The number of carbonyl (C=O) groups excluding carboxylic acids is 1. The van der Waals surface area contributed by atoms with Crippen molar-refractivity contribution in [2.45, 2.75) is 25.2 Å². The minimum atomic E-state index is -3.27. The molecule has 0 bridgehead atoms. The average molecular weight is 335 g/mol. The highest BCUT2D eigenvalue weighted by Gasteiger charge is 2.12. The molecule has 0 radical (unpaired) electrons. The maximum absolute atomic E-state index is 12.1. The van der Waals surface area contributed by atoms with E-state index in [1.807, 2.05) is 0 Å². The largest absolute Gasteiger partial charge is 0.345 e. The van der Waals surface area contributed by atoms with Gasteiger partial charge in [-0.1, -0.05) is 0 Å². The molecule has 0 spiro atoms. The number of anilines is 1. The topological polar surface area (TPSA) is 109 Å². The molecule has 2 rings (SSSR count). The van der Waals surface area contributed by atoms with Crippen molar-refractivity contribution in [1.82, 2.24) is 9.97 Å². The van der Waals surface area contributed by atoms with E-state index >= 15 is 0 Å². The summed E-state index contributed by atoms with van der Waals surface area (Å²) in [5.74, 6) is -0.280. The Kier molecular flexibility index (Phi) is 4.65. The van der Waals surface area contributed by atoms with Crippen molar-refractivity contribution in [2.24, 2.45) is 0 Å². The Bertz CT molecular complexity index is 873. The van der Waals surface area contributed by atoms with Gasteiger partial charge in [0.15, 0.2) is 9.84 Å². The maximum Gasteiger partial charge on any atom is 0.345 e. The SMILES string of the molecule is Cc1nc(=O)[nH]c(C)c1CC(=O)Nc1ccc(S(C)(=O)=O)cc1. The van der Waals surface area contributed by atoms with Gasteiger partial charge in [0.2, 0.25) is 5.91 Å². The fourth-order valence-corrected chi connectivity index (χ4v) is 2.80. The van der Waals surface area contributed by atoms with E-state index in [-0.39, 0.29) is 17.2 Å². The summed E-state index contributed by atoms with van der Waals surface area (Å²) in [5, 5.41) is 2.68. The number of nitrogens with zero attached hydrogens (tertiary/aromatic N) is 1. The zero-order valence-electron chi connectivity index (χ0n) is 13.0. The first-order chi connectivity index (χ1) is 10.7. The van der Waals surface area contributed by atoms with Gasteiger partial charge in [0.05, 0.1) is 11.3 Å². The Balaban J connectivity index is 2.13. The molecule has 1 aromatic heterocycles. The lowest BCUT2D eigenvalue weighted by Crippen LogP contribution is -2.21. The predicted octanol–water partition coefficient (Wildman–Crippen LogP) is 0.971. The number of nitrogens with one attached hydrogen (secondary N) is 2. The smallest absolute Gasteiger partial charge is 0.326 e. The van der Waals surface area contributed by atoms with Crippen molar-refractivity contribution < 1.29 is 13.2 Å². The first-order valence-electron chi connectivity index (χ1n) is 6.83. The number of benzene rings is 1. The Labute approximate surface area is 133 Å². The predicted molar refractivity (Wildman–Crippen MR) is 86.2 cm³/mol. The lowest BCUT2D eigenvalue weighted by Gasteiger charge is -2.09. The van der Waals surface area contributed by atoms with Crippen LogP contribution in [0, 0.1) is 13.8 Å². The minimum absolute atomic E-state index is 0.0648. The molecule has 0 aliphatic carbocycles. The fraction of sp³-hybridized carbons (Fsp3) is 0.267. The van der Waals surface area contributed by atoms with Gasteiger partial charge < -0.3 is 10.3 Å². The van der Waals surface area contributed by atoms with Crippen molar-refractivity contribution in [3.05, 3.63) is 51.7 Å². The Morgan fingerprint density at radius 1 is 1.22 bits per heavy atom. The van der Waals surface area contributed by atoms with Crippen LogP contribution < -0.4 is 11.0 Å². The third-order valence-electron chi connectivity index (χ3n) is 3.36. The fourth-order valence-electron chi connectivity index (χ4n) is 2.17. The Morgan fingerprint density at radius 2 is 1.83 bits per heavy atom. The molecular formula is C15H17N3O4S. The van der Waals surface area contributed by atoms with Crippen LogP contribution in [0.3, 0.4) is 0 Å². The van der Waals surface area contributed by atoms with Gasteiger partial charge in [0.25, 0.3) is 0 Å². The molecule has 0 atom stereocenters. The highest BCUT2D eigenvalue weighted by atomic mass is 32.2. The molecule has 0 aliphatic rings. The van der Waals surface area contributed by atoms with Crippen LogP contribution in [0.25, 0.3) is 0 Å². The van der Waals surface area contributed by atoms with Crippen LogP contribution in [0.1, 0.15) is 17.0 Å². The molecule has 2 aromatic rings. The zero-order chi connectivity index (χ0) is 17.2. The summed E-state index contributed by atoms with van der Waals surface area (Å²) in [5.41, 5.74) is 1.82. The number of aryl methyl sites for hydroxylation is 2. The molecule has 0 fully saturated rings. The van der Waals surface area contributed by atoms with E-state index in [4.69, 9.17) is 0 Å². The van der Waals surface area contributed by atoms with Crippen LogP contribution in [0.15, 0.2) is 34.0 Å². The summed E-state index contributed by atoms with van der Waals surface area (Å²) in [7, 11) is -3.27. The van der Waals surface area contributed by atoms with Crippen molar-refractivity contribution in [3.8, 4) is 0 Å². The second-order valence-corrected chi connectivity index (χ2v) is 7.27. The van der Waals surface area contributed by atoms with Gasteiger partial charge in [0, 0.05) is 28.9 Å². The van der Waals surface area contributed by atoms with Crippen LogP contribution in [0.4, 0.5) is 5.69 Å². The van der Waals surface area contributed by atoms with Gasteiger partial charge in [-0.3, -0.25) is 4.79 Å². The van der Waals surface area contributed by atoms with Gasteiger partial charge >= 0.3 is 5.69 Å². The maximum atomic E-state index is 12.1. The molecular weight excluding hydrogens is 318 g/mol. The summed E-state index contributed by atoms with van der Waals surface area (Å²) in [6.45, 7) is 3.38. The summed E-state index contributed by atoms with van der Waals surface area (Å²) in [6.07, 6.45) is 1.19. The van der Waals surface area contributed by atoms with E-state index in [1.54, 1.807) is 13.8 Å². The van der Waals surface area contributed by atoms with Crippen molar-refractivity contribution in [2.75, 3.05) is 11.6 Å². The van der Waals surface area contributed by atoms with Gasteiger partial charge in [-0.15, -0.1) is 0 Å². The molecule has 0 saturated heterocycles. The van der Waals surface area contributed by atoms with Gasteiger partial charge in [-0.05, 0) is 38.1 Å². The number of amides is 1. The molecule has 1 aromatic carbocycles. The summed E-state index contributed by atoms with van der Waals surface area (Å²) in [4.78, 5) is 29.9. The number of hydrogen-bond donors (Lipinski definition) is 2. The Hall–Kier alpha value is -2.48. The third kappa shape index (κ3) is 4.26. The van der Waals surface area contributed by atoms with Crippen LogP contribution >= 0.6 is 0 Å². The average Bonchev–Trinajstić information content (AvgIpc) is 2.42. The molecule has 7 nitrogen and oxygen atoms in total. The molecule has 0 aliphatic heterocycles. The first-order valence-corrected chi connectivity index (χ1v) is 8.72. The van der Waals surface area contributed by atoms with E-state index in [9.17, 15) is 18.0 Å². The van der Waals surface area contributed by atoms with E-state index in [0.29, 0.717) is 22.6 Å². The molecule has 0 saturated carbocycles. The lowest BCUT2D eigenvalue weighted by molar-refractivity contribution is -0.115. The van der Waals surface area contributed by atoms with Crippen molar-refractivity contribution in [1.29, 1.82) is 0 Å². The van der Waals surface area contributed by atoms with Crippen molar-refractivity contribution in [3.63, 3.8) is 0 Å². The number of H-pyrrole nitrogens is 1. The lowest BCUT2D eigenvalue weighted by atomic mass is 10.1. The van der Waals surface area contributed by atoms with Crippen molar-refractivity contribution >= 4 is 21.4 Å².